The van der Waals surface area contributed by atoms with E-state index in [9.17, 15) is 14.7 Å². The maximum atomic E-state index is 12.8. The third-order valence-electron chi connectivity index (χ3n) is 5.56. The van der Waals surface area contributed by atoms with Gasteiger partial charge in [-0.05, 0) is 55.8 Å². The Balaban J connectivity index is 1.90. The van der Waals surface area contributed by atoms with Crippen LogP contribution < -0.4 is 15.5 Å². The molecule has 180 valence electrons. The van der Waals surface area contributed by atoms with E-state index in [-0.39, 0.29) is 31.2 Å². The van der Waals surface area contributed by atoms with Crippen molar-refractivity contribution in [3.05, 3.63) is 53.6 Å². The van der Waals surface area contributed by atoms with Gasteiger partial charge in [0.2, 0.25) is 0 Å². The summed E-state index contributed by atoms with van der Waals surface area (Å²) in [5, 5.41) is 24.0. The Kier molecular flexibility index (Phi) is 8.46. The number of rotatable bonds is 8. The number of hydrogen-bond donors (Lipinski definition) is 3. The van der Waals surface area contributed by atoms with E-state index in [0.29, 0.717) is 30.0 Å². The lowest BCUT2D eigenvalue weighted by atomic mass is 9.95. The molecule has 3 N–H and O–H groups in total. The van der Waals surface area contributed by atoms with Crippen molar-refractivity contribution in [3.63, 3.8) is 0 Å². The van der Waals surface area contributed by atoms with Crippen molar-refractivity contribution < 1.29 is 24.2 Å². The highest BCUT2D eigenvalue weighted by Gasteiger charge is 2.26. The van der Waals surface area contributed by atoms with Crippen LogP contribution in [0.4, 0.5) is 21.9 Å². The van der Waals surface area contributed by atoms with Crippen LogP contribution in [-0.4, -0.2) is 56.1 Å². The molecule has 0 bridgehead atoms. The van der Waals surface area contributed by atoms with E-state index in [0.717, 1.165) is 11.3 Å². The average Bonchev–Trinajstić information content (AvgIpc) is 2.78. The Labute approximate surface area is 199 Å². The molecule has 9 heteroatoms. The second-order valence-corrected chi connectivity index (χ2v) is 8.46. The first-order valence-electron chi connectivity index (χ1n) is 11.1. The standard InChI is InChI=1S/C25H30N4O5/c1-16-13-29(14-17(2)34-16)23-9-6-19(20(15-33-3)11-24(30)31)10-22(23)28-25(32)27-21-7-4-18(12-26)5-8-21/h4-10,16-17,20H,11,13-15H2,1-3H3,(H,30,31)(H2,27,28,32)/t16-,17+,20?. The maximum Gasteiger partial charge on any atom is 0.323 e. The number of ether oxygens (including phenoxy) is 2. The number of nitrogens with zero attached hydrogens (tertiary/aromatic N) is 2. The van der Waals surface area contributed by atoms with Crippen molar-refractivity contribution in [1.29, 1.82) is 5.26 Å². The number of hydrogen-bond acceptors (Lipinski definition) is 6. The van der Waals surface area contributed by atoms with Crippen molar-refractivity contribution >= 4 is 29.1 Å². The molecule has 1 aliphatic rings. The fourth-order valence-electron chi connectivity index (χ4n) is 4.16. The number of aliphatic carboxylic acids is 1. The number of methoxy groups -OCH3 is 1. The van der Waals surface area contributed by atoms with Gasteiger partial charge in [-0.3, -0.25) is 4.79 Å². The number of anilines is 3. The fraction of sp³-hybridized carbons (Fsp3) is 0.400. The largest absolute Gasteiger partial charge is 0.481 e. The molecule has 1 unspecified atom stereocenters. The summed E-state index contributed by atoms with van der Waals surface area (Å²) in [6.45, 7) is 5.57. The molecule has 34 heavy (non-hydrogen) atoms. The van der Waals surface area contributed by atoms with Crippen LogP contribution in [0.25, 0.3) is 0 Å². The molecule has 0 spiro atoms. The number of carbonyl (C=O) groups excluding carboxylic acids is 1. The van der Waals surface area contributed by atoms with E-state index < -0.39 is 12.0 Å². The number of carbonyl (C=O) groups is 2. The first-order chi connectivity index (χ1) is 16.3. The van der Waals surface area contributed by atoms with Gasteiger partial charge >= 0.3 is 12.0 Å². The summed E-state index contributed by atoms with van der Waals surface area (Å²) in [6, 6.07) is 13.8. The lowest BCUT2D eigenvalue weighted by Gasteiger charge is -2.38. The lowest BCUT2D eigenvalue weighted by Crippen LogP contribution is -2.45. The molecule has 9 nitrogen and oxygen atoms in total. The molecule has 1 fully saturated rings. The van der Waals surface area contributed by atoms with Crippen LogP contribution in [0.1, 0.15) is 37.3 Å². The minimum atomic E-state index is -0.921. The van der Waals surface area contributed by atoms with E-state index in [4.69, 9.17) is 14.7 Å². The van der Waals surface area contributed by atoms with Crippen LogP contribution in [0.15, 0.2) is 42.5 Å². The molecule has 0 saturated carbocycles. The van der Waals surface area contributed by atoms with E-state index >= 15 is 0 Å². The van der Waals surface area contributed by atoms with Gasteiger partial charge < -0.3 is 30.1 Å². The number of urea groups is 1. The van der Waals surface area contributed by atoms with Crippen LogP contribution in [0.5, 0.6) is 0 Å². The zero-order valence-electron chi connectivity index (χ0n) is 19.6. The quantitative estimate of drug-likeness (QED) is 0.537. The third-order valence-corrected chi connectivity index (χ3v) is 5.56. The Hall–Kier alpha value is -3.61. The molecule has 3 atom stereocenters. The third kappa shape index (κ3) is 6.70. The summed E-state index contributed by atoms with van der Waals surface area (Å²) in [5.74, 6) is -1.28. The first kappa shape index (κ1) is 25.0. The van der Waals surface area contributed by atoms with E-state index in [1.54, 1.807) is 24.3 Å². The molecular formula is C25H30N4O5. The molecule has 1 heterocycles. The van der Waals surface area contributed by atoms with Crippen LogP contribution in [0.3, 0.4) is 0 Å². The fourth-order valence-corrected chi connectivity index (χ4v) is 4.16. The smallest absolute Gasteiger partial charge is 0.323 e. The van der Waals surface area contributed by atoms with Crippen molar-refractivity contribution in [2.75, 3.05) is 42.3 Å². The Morgan fingerprint density at radius 3 is 2.44 bits per heavy atom. The predicted octanol–water partition coefficient (Wildman–Crippen LogP) is 4.02. The van der Waals surface area contributed by atoms with Crippen molar-refractivity contribution in [1.82, 2.24) is 0 Å². The number of carboxylic acid groups (broad SMARTS) is 1. The van der Waals surface area contributed by atoms with Crippen LogP contribution in [-0.2, 0) is 14.3 Å². The second-order valence-electron chi connectivity index (χ2n) is 8.46. The van der Waals surface area contributed by atoms with Crippen LogP contribution >= 0.6 is 0 Å². The number of amides is 2. The van der Waals surface area contributed by atoms with Gasteiger partial charge in [0.15, 0.2) is 0 Å². The summed E-state index contributed by atoms with van der Waals surface area (Å²) in [5.41, 5.74) is 3.20. The average molecular weight is 467 g/mol. The normalized spacial score (nSPS) is 18.6. The Bertz CT molecular complexity index is 1040. The van der Waals surface area contributed by atoms with Crippen LogP contribution in [0, 0.1) is 11.3 Å². The number of morpholine rings is 1. The van der Waals surface area contributed by atoms with Gasteiger partial charge in [-0.1, -0.05) is 6.07 Å². The lowest BCUT2D eigenvalue weighted by molar-refractivity contribution is -0.137. The van der Waals surface area contributed by atoms with Gasteiger partial charge in [-0.15, -0.1) is 0 Å². The van der Waals surface area contributed by atoms with Gasteiger partial charge in [0.1, 0.15) is 0 Å². The highest BCUT2D eigenvalue weighted by atomic mass is 16.5. The zero-order valence-corrected chi connectivity index (χ0v) is 19.6. The molecule has 1 aliphatic heterocycles. The number of nitriles is 1. The molecular weight excluding hydrogens is 436 g/mol. The van der Waals surface area contributed by atoms with Gasteiger partial charge in [-0.2, -0.15) is 5.26 Å². The van der Waals surface area contributed by atoms with Gasteiger partial charge in [-0.25, -0.2) is 4.79 Å². The molecule has 0 radical (unpaired) electrons. The van der Waals surface area contributed by atoms with Crippen molar-refractivity contribution in [3.8, 4) is 6.07 Å². The summed E-state index contributed by atoms with van der Waals surface area (Å²) >= 11 is 0. The Morgan fingerprint density at radius 2 is 1.85 bits per heavy atom. The molecule has 0 aliphatic carbocycles. The van der Waals surface area contributed by atoms with E-state index in [2.05, 4.69) is 15.5 Å². The summed E-state index contributed by atoms with van der Waals surface area (Å²) < 4.78 is 11.1. The summed E-state index contributed by atoms with van der Waals surface area (Å²) in [7, 11) is 1.53. The zero-order chi connectivity index (χ0) is 24.7. The highest BCUT2D eigenvalue weighted by Crippen LogP contribution is 2.33. The minimum absolute atomic E-state index is 0.0250. The molecule has 1 saturated heterocycles. The Morgan fingerprint density at radius 1 is 1.18 bits per heavy atom. The van der Waals surface area contributed by atoms with Crippen molar-refractivity contribution in [2.45, 2.75) is 38.4 Å². The monoisotopic (exact) mass is 466 g/mol. The summed E-state index contributed by atoms with van der Waals surface area (Å²) in [6.07, 6.45) is -0.0376. The van der Waals surface area contributed by atoms with Gasteiger partial charge in [0.25, 0.3) is 0 Å². The number of carboxylic acids is 1. The highest BCUT2D eigenvalue weighted by molar-refractivity contribution is 6.02. The van der Waals surface area contributed by atoms with E-state index in [1.807, 2.05) is 38.1 Å². The SMILES string of the molecule is COCC(CC(=O)O)c1ccc(N2C[C@@H](C)O[C@@H](C)C2)c(NC(=O)Nc2ccc(C#N)cc2)c1. The summed E-state index contributed by atoms with van der Waals surface area (Å²) in [4.78, 5) is 26.4. The van der Waals surface area contributed by atoms with Crippen LogP contribution in [0.2, 0.25) is 0 Å². The number of nitrogens with one attached hydrogen (secondary N) is 2. The maximum absolute atomic E-state index is 12.8. The number of benzene rings is 2. The van der Waals surface area contributed by atoms with Gasteiger partial charge in [0, 0.05) is 31.8 Å². The topological polar surface area (TPSA) is 124 Å². The molecule has 2 aromatic carbocycles. The first-order valence-corrected chi connectivity index (χ1v) is 11.1. The van der Waals surface area contributed by atoms with Crippen molar-refractivity contribution in [2.24, 2.45) is 0 Å². The molecule has 3 rings (SSSR count). The molecule has 2 aromatic rings. The van der Waals surface area contributed by atoms with E-state index in [1.165, 1.54) is 7.11 Å². The minimum Gasteiger partial charge on any atom is -0.481 e. The van der Waals surface area contributed by atoms with Gasteiger partial charge in [0.05, 0.1) is 48.2 Å². The molecule has 0 aromatic heterocycles. The predicted molar refractivity (Wildman–Crippen MR) is 129 cm³/mol. The second kappa shape index (κ2) is 11.5. The molecule has 2 amide bonds.